The van der Waals surface area contributed by atoms with Crippen molar-refractivity contribution in [2.45, 2.75) is 50.4 Å². The van der Waals surface area contributed by atoms with E-state index in [9.17, 15) is 22.8 Å². The fraction of sp³-hybridized carbons (Fsp3) is 0.529. The molecule has 0 aromatic heterocycles. The Labute approximate surface area is 138 Å². The first kappa shape index (κ1) is 16.8. The van der Waals surface area contributed by atoms with Crippen LogP contribution in [-0.2, 0) is 15.8 Å². The maximum absolute atomic E-state index is 12.7. The van der Waals surface area contributed by atoms with Crippen LogP contribution in [0.5, 0.6) is 0 Å². The van der Waals surface area contributed by atoms with Crippen molar-refractivity contribution >= 4 is 11.8 Å². The lowest BCUT2D eigenvalue weighted by Crippen LogP contribution is -2.47. The van der Waals surface area contributed by atoms with Gasteiger partial charge in [0.15, 0.2) is 0 Å². The average Bonchev–Trinajstić information content (AvgIpc) is 3.00. The third-order valence-electron chi connectivity index (χ3n) is 4.70. The Balaban J connectivity index is 1.79. The van der Waals surface area contributed by atoms with Gasteiger partial charge >= 0.3 is 6.18 Å². The van der Waals surface area contributed by atoms with Crippen LogP contribution in [0.25, 0.3) is 0 Å². The summed E-state index contributed by atoms with van der Waals surface area (Å²) in [5.74, 6) is -0.262. The number of halogens is 3. The second-order valence-corrected chi connectivity index (χ2v) is 6.32. The van der Waals surface area contributed by atoms with E-state index in [1.807, 2.05) is 0 Å². The Morgan fingerprint density at radius 2 is 1.83 bits per heavy atom. The summed E-state index contributed by atoms with van der Waals surface area (Å²) in [6, 6.07) is 4.28. The fourth-order valence-corrected chi connectivity index (χ4v) is 3.44. The van der Waals surface area contributed by atoms with Gasteiger partial charge in [-0.1, -0.05) is 12.1 Å². The molecule has 2 fully saturated rings. The molecular formula is C17H19F3N2O2. The summed E-state index contributed by atoms with van der Waals surface area (Å²) in [5, 5.41) is 2.67. The number of alkyl halides is 3. The Bertz CT molecular complexity index is 628. The molecule has 0 aliphatic carbocycles. The van der Waals surface area contributed by atoms with Gasteiger partial charge in [-0.05, 0) is 43.4 Å². The molecule has 0 spiro atoms. The molecule has 2 saturated heterocycles. The smallest absolute Gasteiger partial charge is 0.344 e. The van der Waals surface area contributed by atoms with Gasteiger partial charge in [-0.3, -0.25) is 9.59 Å². The maximum Gasteiger partial charge on any atom is 0.416 e. The van der Waals surface area contributed by atoms with E-state index >= 15 is 0 Å². The zero-order chi connectivity index (χ0) is 17.3. The monoisotopic (exact) mass is 340 g/mol. The van der Waals surface area contributed by atoms with Gasteiger partial charge in [-0.25, -0.2) is 0 Å². The third-order valence-corrected chi connectivity index (χ3v) is 4.70. The topological polar surface area (TPSA) is 49.4 Å². The first-order valence-corrected chi connectivity index (χ1v) is 8.13. The van der Waals surface area contributed by atoms with Crippen LogP contribution in [0.2, 0.25) is 0 Å². The molecule has 1 aromatic rings. The summed E-state index contributed by atoms with van der Waals surface area (Å²) in [6.45, 7) is 0.566. The molecule has 0 unspecified atom stereocenters. The molecule has 2 atom stereocenters. The number of carbonyl (C=O) groups is 2. The lowest BCUT2D eigenvalue weighted by atomic mass is 9.93. The van der Waals surface area contributed by atoms with Crippen molar-refractivity contribution < 1.29 is 22.8 Å². The lowest BCUT2D eigenvalue weighted by Gasteiger charge is -2.37. The second-order valence-electron chi connectivity index (χ2n) is 6.32. The summed E-state index contributed by atoms with van der Waals surface area (Å²) in [4.78, 5) is 25.7. The predicted molar refractivity (Wildman–Crippen MR) is 80.9 cm³/mol. The van der Waals surface area contributed by atoms with E-state index in [0.29, 0.717) is 24.9 Å². The molecule has 7 heteroatoms. The first-order valence-electron chi connectivity index (χ1n) is 8.13. The van der Waals surface area contributed by atoms with Crippen LogP contribution in [0.1, 0.15) is 49.3 Å². The molecule has 2 aliphatic rings. The van der Waals surface area contributed by atoms with E-state index in [0.717, 1.165) is 31.4 Å². The van der Waals surface area contributed by atoms with Crippen molar-refractivity contribution in [2.24, 2.45) is 0 Å². The van der Waals surface area contributed by atoms with Gasteiger partial charge in [-0.15, -0.1) is 0 Å². The van der Waals surface area contributed by atoms with Gasteiger partial charge in [-0.2, -0.15) is 13.2 Å². The highest BCUT2D eigenvalue weighted by atomic mass is 19.4. The van der Waals surface area contributed by atoms with Gasteiger partial charge in [0, 0.05) is 13.0 Å². The predicted octanol–water partition coefficient (Wildman–Crippen LogP) is 3.04. The molecule has 2 aliphatic heterocycles. The molecule has 1 aromatic carbocycles. The number of hydrogen-bond donors (Lipinski definition) is 1. The molecule has 1 N–H and O–H groups in total. The molecule has 2 amide bonds. The summed E-state index contributed by atoms with van der Waals surface area (Å²) < 4.78 is 38.1. The molecule has 0 saturated carbocycles. The minimum absolute atomic E-state index is 0.128. The maximum atomic E-state index is 12.7. The summed E-state index contributed by atoms with van der Waals surface area (Å²) in [5.41, 5.74) is 0.0170. The van der Waals surface area contributed by atoms with Crippen LogP contribution in [-0.4, -0.2) is 29.3 Å². The average molecular weight is 340 g/mol. The Hall–Kier alpha value is -2.05. The van der Waals surface area contributed by atoms with Crippen molar-refractivity contribution in [3.63, 3.8) is 0 Å². The first-order chi connectivity index (χ1) is 11.4. The van der Waals surface area contributed by atoms with Crippen LogP contribution in [0.15, 0.2) is 24.3 Å². The van der Waals surface area contributed by atoms with E-state index in [1.54, 1.807) is 4.90 Å². The summed E-state index contributed by atoms with van der Waals surface area (Å²) >= 11 is 0. The van der Waals surface area contributed by atoms with Crippen LogP contribution < -0.4 is 5.32 Å². The normalized spacial score (nSPS) is 24.8. The van der Waals surface area contributed by atoms with Crippen molar-refractivity contribution in [1.29, 1.82) is 0 Å². The lowest BCUT2D eigenvalue weighted by molar-refractivity contribution is -0.138. The van der Waals surface area contributed by atoms with E-state index < -0.39 is 17.8 Å². The van der Waals surface area contributed by atoms with Gasteiger partial charge in [0.2, 0.25) is 11.8 Å². The highest BCUT2D eigenvalue weighted by molar-refractivity contribution is 5.91. The van der Waals surface area contributed by atoms with Crippen LogP contribution >= 0.6 is 0 Å². The Morgan fingerprint density at radius 1 is 1.12 bits per heavy atom. The van der Waals surface area contributed by atoms with Gasteiger partial charge in [0.25, 0.3) is 0 Å². The van der Waals surface area contributed by atoms with E-state index in [1.165, 1.54) is 12.1 Å². The van der Waals surface area contributed by atoms with Crippen LogP contribution in [0, 0.1) is 0 Å². The molecular weight excluding hydrogens is 321 g/mol. The van der Waals surface area contributed by atoms with Gasteiger partial charge < -0.3 is 10.2 Å². The van der Waals surface area contributed by atoms with Crippen LogP contribution in [0.4, 0.5) is 13.2 Å². The number of carbonyl (C=O) groups excluding carboxylic acids is 2. The van der Waals surface area contributed by atoms with Crippen molar-refractivity contribution in [1.82, 2.24) is 10.2 Å². The van der Waals surface area contributed by atoms with Gasteiger partial charge in [0.05, 0.1) is 11.6 Å². The zero-order valence-corrected chi connectivity index (χ0v) is 13.1. The van der Waals surface area contributed by atoms with Gasteiger partial charge in [0.1, 0.15) is 6.04 Å². The highest BCUT2D eigenvalue weighted by Crippen LogP contribution is 2.34. The van der Waals surface area contributed by atoms with E-state index in [4.69, 9.17) is 0 Å². The van der Waals surface area contributed by atoms with E-state index in [-0.39, 0.29) is 17.9 Å². The Kier molecular flexibility index (Phi) is 4.51. The second kappa shape index (κ2) is 6.45. The fourth-order valence-electron chi connectivity index (χ4n) is 3.44. The number of benzene rings is 1. The molecule has 3 rings (SSSR count). The third kappa shape index (κ3) is 3.39. The minimum Gasteiger partial charge on any atom is -0.344 e. The number of rotatable bonds is 2. The molecule has 24 heavy (non-hydrogen) atoms. The quantitative estimate of drug-likeness (QED) is 0.900. The summed E-state index contributed by atoms with van der Waals surface area (Å²) in [7, 11) is 0. The summed E-state index contributed by atoms with van der Waals surface area (Å²) in [6.07, 6.45) is -1.04. The number of nitrogens with zero attached hydrogens (tertiary/aromatic N) is 1. The number of piperidine rings is 1. The number of amides is 2. The standard InChI is InChI=1S/C17H19F3N2O2/c18-17(19,20)12-6-4-11(5-7-12)14-3-1-2-10-22(14)16(24)13-8-9-15(23)21-13/h4-7,13-14H,1-3,8-10H2,(H,21,23)/t13-,14-/m1/s1. The van der Waals surface area contributed by atoms with Crippen molar-refractivity contribution in [3.05, 3.63) is 35.4 Å². The van der Waals surface area contributed by atoms with Crippen molar-refractivity contribution in [2.75, 3.05) is 6.54 Å². The molecule has 0 bridgehead atoms. The minimum atomic E-state index is -4.37. The molecule has 0 radical (unpaired) electrons. The van der Waals surface area contributed by atoms with E-state index in [2.05, 4.69) is 5.32 Å². The number of hydrogen-bond acceptors (Lipinski definition) is 2. The largest absolute Gasteiger partial charge is 0.416 e. The molecule has 4 nitrogen and oxygen atoms in total. The number of likely N-dealkylation sites (tertiary alicyclic amines) is 1. The molecule has 130 valence electrons. The zero-order valence-electron chi connectivity index (χ0n) is 13.1. The van der Waals surface area contributed by atoms with Crippen LogP contribution in [0.3, 0.4) is 0 Å². The Morgan fingerprint density at radius 3 is 2.42 bits per heavy atom. The number of nitrogens with one attached hydrogen (secondary N) is 1. The highest BCUT2D eigenvalue weighted by Gasteiger charge is 2.36. The SMILES string of the molecule is O=C1CC[C@H](C(=O)N2CCCC[C@@H]2c2ccc(C(F)(F)F)cc2)N1. The van der Waals surface area contributed by atoms with Crippen molar-refractivity contribution in [3.8, 4) is 0 Å². The molecule has 2 heterocycles.